The molecule has 1 saturated carbocycles. The lowest BCUT2D eigenvalue weighted by Gasteiger charge is -2.10. The average molecular weight is 205 g/mol. The molecule has 0 radical (unpaired) electrons. The molecular weight excluding hydrogens is 190 g/mol. The lowest BCUT2D eigenvalue weighted by molar-refractivity contribution is -0.131. The van der Waals surface area contributed by atoms with Crippen molar-refractivity contribution in [3.63, 3.8) is 0 Å². The number of rotatable bonds is 3. The number of hydrogen-bond acceptors (Lipinski definition) is 3. The minimum atomic E-state index is -0.297. The van der Waals surface area contributed by atoms with Gasteiger partial charge in [0.15, 0.2) is 0 Å². The van der Waals surface area contributed by atoms with Gasteiger partial charge in [-0.25, -0.2) is 0 Å². The first-order valence-corrected chi connectivity index (χ1v) is 5.21. The van der Waals surface area contributed by atoms with Gasteiger partial charge in [-0.1, -0.05) is 12.1 Å². The smallest absolute Gasteiger partial charge is 0.308 e. The van der Waals surface area contributed by atoms with Crippen LogP contribution in [0.4, 0.5) is 0 Å². The predicted octanol–water partition coefficient (Wildman–Crippen LogP) is 2.02. The summed E-state index contributed by atoms with van der Waals surface area (Å²) in [6.07, 6.45) is 2.46. The number of hydrogen-bond donors (Lipinski definition) is 1. The molecule has 1 fully saturated rings. The summed E-state index contributed by atoms with van der Waals surface area (Å²) in [7, 11) is 0. The molecule has 0 aromatic heterocycles. The Morgan fingerprint density at radius 3 is 2.47 bits per heavy atom. The first-order chi connectivity index (χ1) is 7.16. The molecule has 80 valence electrons. The highest BCUT2D eigenvalue weighted by atomic mass is 16.5. The highest BCUT2D eigenvalue weighted by molar-refractivity contribution is 5.69. The Hall–Kier alpha value is -1.35. The van der Waals surface area contributed by atoms with Crippen LogP contribution in [-0.4, -0.2) is 5.97 Å². The molecule has 3 heteroatoms. The van der Waals surface area contributed by atoms with Crippen LogP contribution in [0.3, 0.4) is 0 Å². The Morgan fingerprint density at radius 1 is 1.40 bits per heavy atom. The summed E-state index contributed by atoms with van der Waals surface area (Å²) in [4.78, 5) is 10.7. The van der Waals surface area contributed by atoms with Crippen LogP contribution < -0.4 is 10.5 Å². The van der Waals surface area contributed by atoms with Crippen LogP contribution in [0.15, 0.2) is 24.3 Å². The highest BCUT2D eigenvalue weighted by Gasteiger charge is 2.29. The van der Waals surface area contributed by atoms with E-state index in [2.05, 4.69) is 0 Å². The van der Waals surface area contributed by atoms with E-state index in [4.69, 9.17) is 10.5 Å². The van der Waals surface area contributed by atoms with Crippen LogP contribution in [0.1, 0.15) is 31.4 Å². The van der Waals surface area contributed by atoms with Crippen molar-refractivity contribution in [3.05, 3.63) is 29.8 Å². The second-order valence-electron chi connectivity index (χ2n) is 4.03. The third-order valence-electron chi connectivity index (χ3n) is 2.66. The number of benzene rings is 1. The van der Waals surface area contributed by atoms with Crippen molar-refractivity contribution in [3.8, 4) is 5.75 Å². The van der Waals surface area contributed by atoms with E-state index in [1.54, 1.807) is 12.1 Å². The summed E-state index contributed by atoms with van der Waals surface area (Å²) in [6, 6.07) is 7.58. The van der Waals surface area contributed by atoms with Gasteiger partial charge in [0.05, 0.1) is 0 Å². The number of nitrogens with two attached hydrogens (primary N) is 1. The molecule has 0 heterocycles. The number of ether oxygens (including phenoxy) is 1. The first kappa shape index (κ1) is 10.2. The summed E-state index contributed by atoms with van der Waals surface area (Å²) >= 11 is 0. The fourth-order valence-corrected chi connectivity index (χ4v) is 1.65. The second kappa shape index (κ2) is 4.03. The largest absolute Gasteiger partial charge is 0.427 e. The van der Waals surface area contributed by atoms with E-state index in [0.717, 1.165) is 5.56 Å². The standard InChI is InChI=1S/C12H15NO2/c1-8(14)15-11-6-4-10(5-7-11)12(13)9-2-3-9/h4-7,9,12H,2-3,13H2,1H3/t12-/m0/s1. The summed E-state index contributed by atoms with van der Waals surface area (Å²) < 4.78 is 4.95. The molecule has 0 amide bonds. The molecule has 0 aliphatic heterocycles. The van der Waals surface area contributed by atoms with Crippen molar-refractivity contribution in [1.29, 1.82) is 0 Å². The summed E-state index contributed by atoms with van der Waals surface area (Å²) in [5.74, 6) is 0.924. The van der Waals surface area contributed by atoms with Gasteiger partial charge in [0.2, 0.25) is 0 Å². The van der Waals surface area contributed by atoms with Gasteiger partial charge in [-0.2, -0.15) is 0 Å². The molecule has 0 spiro atoms. The number of carbonyl (C=O) groups is 1. The molecule has 3 nitrogen and oxygen atoms in total. The predicted molar refractivity (Wildman–Crippen MR) is 57.4 cm³/mol. The SMILES string of the molecule is CC(=O)Oc1ccc([C@@H](N)C2CC2)cc1. The van der Waals surface area contributed by atoms with Crippen LogP contribution in [0, 0.1) is 5.92 Å². The van der Waals surface area contributed by atoms with Gasteiger partial charge in [-0.15, -0.1) is 0 Å². The third-order valence-corrected chi connectivity index (χ3v) is 2.66. The maximum absolute atomic E-state index is 10.7. The Bertz CT molecular complexity index is 354. The van der Waals surface area contributed by atoms with E-state index in [1.165, 1.54) is 19.8 Å². The summed E-state index contributed by atoms with van der Waals surface area (Å²) in [6.45, 7) is 1.39. The van der Waals surface area contributed by atoms with Crippen molar-refractivity contribution in [2.24, 2.45) is 11.7 Å². The van der Waals surface area contributed by atoms with Gasteiger partial charge in [-0.05, 0) is 36.5 Å². The molecule has 2 rings (SSSR count). The zero-order valence-electron chi connectivity index (χ0n) is 8.77. The first-order valence-electron chi connectivity index (χ1n) is 5.21. The van der Waals surface area contributed by atoms with E-state index < -0.39 is 0 Å². The van der Waals surface area contributed by atoms with Crippen LogP contribution in [0.25, 0.3) is 0 Å². The van der Waals surface area contributed by atoms with Gasteiger partial charge in [0, 0.05) is 13.0 Å². The minimum absolute atomic E-state index is 0.136. The fraction of sp³-hybridized carbons (Fsp3) is 0.417. The number of carbonyl (C=O) groups excluding carboxylic acids is 1. The lowest BCUT2D eigenvalue weighted by atomic mass is 10.0. The molecule has 0 saturated heterocycles. The van der Waals surface area contributed by atoms with Crippen LogP contribution in [0.2, 0.25) is 0 Å². The molecule has 0 unspecified atom stereocenters. The Morgan fingerprint density at radius 2 is 2.00 bits per heavy atom. The Kier molecular flexibility index (Phi) is 2.73. The normalized spacial score (nSPS) is 17.2. The molecule has 1 aliphatic carbocycles. The second-order valence-corrected chi connectivity index (χ2v) is 4.03. The molecule has 1 aliphatic rings. The lowest BCUT2D eigenvalue weighted by Crippen LogP contribution is -2.12. The summed E-state index contributed by atoms with van der Waals surface area (Å²) in [5.41, 5.74) is 7.16. The van der Waals surface area contributed by atoms with Crippen LogP contribution >= 0.6 is 0 Å². The molecule has 1 aromatic carbocycles. The topological polar surface area (TPSA) is 52.3 Å². The average Bonchev–Trinajstić information content (AvgIpc) is 3.00. The fourth-order valence-electron chi connectivity index (χ4n) is 1.65. The Balaban J connectivity index is 2.05. The molecule has 1 aromatic rings. The van der Waals surface area contributed by atoms with Gasteiger partial charge in [0.1, 0.15) is 5.75 Å². The van der Waals surface area contributed by atoms with E-state index in [-0.39, 0.29) is 12.0 Å². The van der Waals surface area contributed by atoms with Gasteiger partial charge in [-0.3, -0.25) is 4.79 Å². The monoisotopic (exact) mass is 205 g/mol. The summed E-state index contributed by atoms with van der Waals surface area (Å²) in [5, 5.41) is 0. The molecule has 0 bridgehead atoms. The van der Waals surface area contributed by atoms with Crippen molar-refractivity contribution < 1.29 is 9.53 Å². The molecule has 1 atom stereocenters. The van der Waals surface area contributed by atoms with E-state index in [9.17, 15) is 4.79 Å². The van der Waals surface area contributed by atoms with E-state index in [0.29, 0.717) is 11.7 Å². The van der Waals surface area contributed by atoms with Crippen molar-refractivity contribution >= 4 is 5.97 Å². The highest BCUT2D eigenvalue weighted by Crippen LogP contribution is 2.39. The molecule has 15 heavy (non-hydrogen) atoms. The Labute approximate surface area is 89.2 Å². The maximum Gasteiger partial charge on any atom is 0.308 e. The van der Waals surface area contributed by atoms with Crippen LogP contribution in [0.5, 0.6) is 5.75 Å². The van der Waals surface area contributed by atoms with E-state index >= 15 is 0 Å². The minimum Gasteiger partial charge on any atom is -0.427 e. The van der Waals surface area contributed by atoms with Gasteiger partial charge >= 0.3 is 5.97 Å². The zero-order valence-corrected chi connectivity index (χ0v) is 8.77. The quantitative estimate of drug-likeness (QED) is 0.606. The molecular formula is C12H15NO2. The van der Waals surface area contributed by atoms with E-state index in [1.807, 2.05) is 12.1 Å². The van der Waals surface area contributed by atoms with Crippen molar-refractivity contribution in [1.82, 2.24) is 0 Å². The third kappa shape index (κ3) is 2.57. The zero-order chi connectivity index (χ0) is 10.8. The van der Waals surface area contributed by atoms with Crippen molar-refractivity contribution in [2.75, 3.05) is 0 Å². The molecule has 2 N–H and O–H groups in total. The maximum atomic E-state index is 10.7. The van der Waals surface area contributed by atoms with Crippen LogP contribution in [-0.2, 0) is 4.79 Å². The number of esters is 1. The van der Waals surface area contributed by atoms with Gasteiger partial charge in [0.25, 0.3) is 0 Å². The van der Waals surface area contributed by atoms with Gasteiger partial charge < -0.3 is 10.5 Å². The van der Waals surface area contributed by atoms with Crippen molar-refractivity contribution in [2.45, 2.75) is 25.8 Å².